The van der Waals surface area contributed by atoms with Gasteiger partial charge in [-0.25, -0.2) is 8.78 Å². The molecule has 1 atom stereocenters. The molecule has 136 valence electrons. The normalized spacial score (nSPS) is 20.3. The molecule has 0 saturated heterocycles. The van der Waals surface area contributed by atoms with Crippen LogP contribution in [0.5, 0.6) is 5.75 Å². The number of hydrogen-bond donors (Lipinski definition) is 1. The number of methoxy groups -OCH3 is 1. The van der Waals surface area contributed by atoms with Crippen molar-refractivity contribution in [2.75, 3.05) is 18.6 Å². The van der Waals surface area contributed by atoms with Crippen LogP contribution in [-0.2, 0) is 11.8 Å². The maximum Gasteiger partial charge on any atom is 0.126 e. The van der Waals surface area contributed by atoms with Gasteiger partial charge in [0, 0.05) is 35.6 Å². The largest absolute Gasteiger partial charge is 0.497 e. The lowest BCUT2D eigenvalue weighted by Gasteiger charge is -2.30. The Morgan fingerprint density at radius 2 is 1.85 bits per heavy atom. The summed E-state index contributed by atoms with van der Waals surface area (Å²) in [6.45, 7) is 4.81. The molecule has 1 unspecified atom stereocenters. The van der Waals surface area contributed by atoms with Gasteiger partial charge in [-0.3, -0.25) is 0 Å². The summed E-state index contributed by atoms with van der Waals surface area (Å²) in [5.74, 6) is -0.442. The molecule has 1 aliphatic rings. The van der Waals surface area contributed by atoms with Gasteiger partial charge in [0.1, 0.15) is 17.4 Å². The predicted molar refractivity (Wildman–Crippen MR) is 100 cm³/mol. The topological polar surface area (TPSA) is 36.3 Å². The highest BCUT2D eigenvalue weighted by atomic mass is 19.1. The Balaban J connectivity index is 2.18. The van der Waals surface area contributed by atoms with Crippen molar-refractivity contribution in [1.29, 1.82) is 5.41 Å². The lowest BCUT2D eigenvalue weighted by molar-refractivity contribution is 0.413. The third-order valence-electron chi connectivity index (χ3n) is 4.98. The Morgan fingerprint density at radius 1 is 1.15 bits per heavy atom. The van der Waals surface area contributed by atoms with Crippen LogP contribution in [0.25, 0.3) is 0 Å². The van der Waals surface area contributed by atoms with Crippen LogP contribution in [0.15, 0.2) is 48.2 Å². The Labute approximate surface area is 152 Å². The zero-order valence-corrected chi connectivity index (χ0v) is 15.1. The lowest BCUT2D eigenvalue weighted by atomic mass is 9.76. The minimum absolute atomic E-state index is 0.415. The van der Waals surface area contributed by atoms with E-state index in [9.17, 15) is 8.78 Å². The Bertz CT molecular complexity index is 858. The van der Waals surface area contributed by atoms with Crippen LogP contribution in [-0.4, -0.2) is 19.9 Å². The smallest absolute Gasteiger partial charge is 0.126 e. The summed E-state index contributed by atoms with van der Waals surface area (Å²) in [4.78, 5) is 2.13. The van der Waals surface area contributed by atoms with Crippen molar-refractivity contribution in [1.82, 2.24) is 0 Å². The molecule has 5 heteroatoms. The molecule has 1 aliphatic heterocycles. The molecular formula is C21H22F2N2O. The van der Waals surface area contributed by atoms with Gasteiger partial charge in [0.2, 0.25) is 0 Å². The number of fused-ring (bicyclic) bond motifs is 1. The number of hydrogen-bond acceptors (Lipinski definition) is 3. The molecular weight excluding hydrogens is 334 g/mol. The van der Waals surface area contributed by atoms with Crippen molar-refractivity contribution >= 4 is 11.9 Å². The van der Waals surface area contributed by atoms with Crippen molar-refractivity contribution in [3.05, 3.63) is 70.9 Å². The number of halogens is 2. The van der Waals surface area contributed by atoms with Gasteiger partial charge < -0.3 is 15.0 Å². The highest BCUT2D eigenvalue weighted by molar-refractivity contribution is 5.79. The fourth-order valence-corrected chi connectivity index (χ4v) is 3.89. The van der Waals surface area contributed by atoms with Gasteiger partial charge in [-0.05, 0) is 67.8 Å². The van der Waals surface area contributed by atoms with Crippen molar-refractivity contribution < 1.29 is 13.5 Å². The number of ether oxygens (including phenoxy) is 1. The monoisotopic (exact) mass is 356 g/mol. The number of rotatable bonds is 5. The second kappa shape index (κ2) is 6.90. The third-order valence-corrected chi connectivity index (χ3v) is 4.98. The van der Waals surface area contributed by atoms with E-state index in [-0.39, 0.29) is 0 Å². The molecule has 0 fully saturated rings. The van der Waals surface area contributed by atoms with Gasteiger partial charge in [0.15, 0.2) is 0 Å². The van der Waals surface area contributed by atoms with Gasteiger partial charge in [0.25, 0.3) is 0 Å². The first-order valence-electron chi connectivity index (χ1n) is 8.55. The summed E-state index contributed by atoms with van der Waals surface area (Å²) in [5.41, 5.74) is 3.03. The first-order valence-corrected chi connectivity index (χ1v) is 8.55. The van der Waals surface area contributed by atoms with E-state index in [0.29, 0.717) is 12.0 Å². The molecule has 1 heterocycles. The van der Waals surface area contributed by atoms with Gasteiger partial charge in [0.05, 0.1) is 7.11 Å². The first kappa shape index (κ1) is 18.1. The van der Waals surface area contributed by atoms with E-state index < -0.39 is 17.0 Å². The lowest BCUT2D eigenvalue weighted by Crippen LogP contribution is -2.30. The van der Waals surface area contributed by atoms with E-state index in [0.717, 1.165) is 35.3 Å². The Morgan fingerprint density at radius 3 is 2.42 bits per heavy atom. The quantitative estimate of drug-likeness (QED) is 0.778. The fourth-order valence-electron chi connectivity index (χ4n) is 3.89. The molecule has 3 rings (SSSR count). The molecule has 2 aromatic carbocycles. The standard InChI is InChI=1S/C21H22F2N2O/c1-4-25-19-6-5-17(26-3)12-18(19)21(2,20(25)7-8-24)13-14-9-15(22)11-16(23)10-14/h5-12,24H,4,13H2,1-3H3/b20-7-,24-8?. The number of likely N-dealkylation sites (N-methyl/N-ethyl adjacent to an activating group) is 1. The van der Waals surface area contributed by atoms with Crippen LogP contribution >= 0.6 is 0 Å². The summed E-state index contributed by atoms with van der Waals surface area (Å²) in [6.07, 6.45) is 3.43. The van der Waals surface area contributed by atoms with Crippen LogP contribution < -0.4 is 9.64 Å². The summed E-state index contributed by atoms with van der Waals surface area (Å²) in [5, 5.41) is 7.57. The molecule has 0 radical (unpaired) electrons. The van der Waals surface area contributed by atoms with Crippen molar-refractivity contribution in [3.63, 3.8) is 0 Å². The zero-order valence-electron chi connectivity index (χ0n) is 15.1. The van der Waals surface area contributed by atoms with Gasteiger partial charge in [-0.15, -0.1) is 0 Å². The van der Waals surface area contributed by atoms with Crippen LogP contribution in [0.1, 0.15) is 25.0 Å². The van der Waals surface area contributed by atoms with Gasteiger partial charge in [-0.2, -0.15) is 0 Å². The van der Waals surface area contributed by atoms with Crippen LogP contribution in [0.3, 0.4) is 0 Å². The molecule has 0 amide bonds. The van der Waals surface area contributed by atoms with Gasteiger partial charge >= 0.3 is 0 Å². The number of allylic oxidation sites excluding steroid dienone is 2. The van der Waals surface area contributed by atoms with Crippen LogP contribution in [0.4, 0.5) is 14.5 Å². The maximum absolute atomic E-state index is 13.7. The summed E-state index contributed by atoms with van der Waals surface area (Å²) in [6, 6.07) is 9.47. The van der Waals surface area contributed by atoms with Crippen LogP contribution in [0, 0.1) is 17.0 Å². The second-order valence-electron chi connectivity index (χ2n) is 6.63. The number of benzene rings is 2. The highest BCUT2D eigenvalue weighted by Gasteiger charge is 2.43. The summed E-state index contributed by atoms with van der Waals surface area (Å²) >= 11 is 0. The predicted octanol–water partition coefficient (Wildman–Crippen LogP) is 4.85. The zero-order chi connectivity index (χ0) is 18.9. The van der Waals surface area contributed by atoms with Gasteiger partial charge in [-0.1, -0.05) is 0 Å². The van der Waals surface area contributed by atoms with E-state index in [1.807, 2.05) is 32.0 Å². The average Bonchev–Trinajstić information content (AvgIpc) is 2.82. The van der Waals surface area contributed by atoms with Crippen LogP contribution in [0.2, 0.25) is 0 Å². The molecule has 0 bridgehead atoms. The number of anilines is 1. The SMILES string of the molecule is CCN1/C(=C\C=N)C(C)(Cc2cc(F)cc(F)c2)c2cc(OC)ccc21. The molecule has 2 aromatic rings. The minimum atomic E-state index is -0.586. The molecule has 26 heavy (non-hydrogen) atoms. The van der Waals surface area contributed by atoms with E-state index in [2.05, 4.69) is 4.90 Å². The molecule has 1 N–H and O–H groups in total. The fraction of sp³-hybridized carbons (Fsp3) is 0.286. The second-order valence-corrected chi connectivity index (χ2v) is 6.63. The maximum atomic E-state index is 13.7. The van der Waals surface area contributed by atoms with E-state index in [1.54, 1.807) is 13.2 Å². The summed E-state index contributed by atoms with van der Waals surface area (Å²) in [7, 11) is 1.61. The highest BCUT2D eigenvalue weighted by Crippen LogP contribution is 2.50. The first-order chi connectivity index (χ1) is 12.4. The van der Waals surface area contributed by atoms with E-state index >= 15 is 0 Å². The molecule has 0 aromatic heterocycles. The molecule has 0 aliphatic carbocycles. The van der Waals surface area contributed by atoms with E-state index in [4.69, 9.17) is 10.1 Å². The molecule has 3 nitrogen and oxygen atoms in total. The Kier molecular flexibility index (Phi) is 4.81. The summed E-state index contributed by atoms with van der Waals surface area (Å²) < 4.78 is 32.8. The third kappa shape index (κ3) is 2.98. The molecule has 0 spiro atoms. The number of nitrogens with one attached hydrogen (secondary N) is 1. The number of nitrogens with zero attached hydrogens (tertiary/aromatic N) is 1. The van der Waals surface area contributed by atoms with Crippen molar-refractivity contribution in [2.24, 2.45) is 0 Å². The van der Waals surface area contributed by atoms with E-state index in [1.165, 1.54) is 18.3 Å². The minimum Gasteiger partial charge on any atom is -0.497 e. The average molecular weight is 356 g/mol. The molecule has 0 saturated carbocycles. The van der Waals surface area contributed by atoms with Crippen molar-refractivity contribution in [2.45, 2.75) is 25.7 Å². The Hall–Kier alpha value is -2.69. The van der Waals surface area contributed by atoms with Crippen molar-refractivity contribution in [3.8, 4) is 5.75 Å².